The highest BCUT2D eigenvalue weighted by molar-refractivity contribution is 5.99. The van der Waals surface area contributed by atoms with Gasteiger partial charge in [0.15, 0.2) is 0 Å². The molecule has 3 rings (SSSR count). The predicted molar refractivity (Wildman–Crippen MR) is 143 cm³/mol. The first-order valence-corrected chi connectivity index (χ1v) is 13.3. The first-order chi connectivity index (χ1) is 17.4. The lowest BCUT2D eigenvalue weighted by Gasteiger charge is -2.28. The Hall–Kier alpha value is -3.00. The number of rotatable bonds is 12. The summed E-state index contributed by atoms with van der Waals surface area (Å²) in [6.45, 7) is 5.24. The summed E-state index contributed by atoms with van der Waals surface area (Å²) in [4.78, 5) is 45.3. The number of carbonyl (C=O) groups excluding carboxylic acids is 3. The van der Waals surface area contributed by atoms with Crippen LogP contribution in [0.3, 0.4) is 0 Å². The molecular weight excluding hydrogens is 454 g/mol. The monoisotopic (exact) mass is 495 g/mol. The van der Waals surface area contributed by atoms with E-state index in [2.05, 4.69) is 15.6 Å². The van der Waals surface area contributed by atoms with E-state index in [4.69, 9.17) is 5.73 Å². The highest BCUT2D eigenvalue weighted by atomic mass is 16.2. The Balaban J connectivity index is 1.67. The van der Waals surface area contributed by atoms with Gasteiger partial charge in [0.1, 0.15) is 6.04 Å². The van der Waals surface area contributed by atoms with Crippen molar-refractivity contribution in [2.45, 2.75) is 71.3 Å². The molecule has 1 aromatic heterocycles. The SMILES string of the molecule is CCCN(CCN)C(=O)C[C@H](C)C(=O)N[C@@H](CC1CCCCC1)C(=O)Nc1cnc2ccccc2c1. The van der Waals surface area contributed by atoms with Crippen molar-refractivity contribution in [1.82, 2.24) is 15.2 Å². The Morgan fingerprint density at radius 1 is 1.11 bits per heavy atom. The molecule has 1 aliphatic carbocycles. The van der Waals surface area contributed by atoms with Gasteiger partial charge >= 0.3 is 0 Å². The molecule has 0 aliphatic heterocycles. The number of hydrogen-bond acceptors (Lipinski definition) is 5. The summed E-state index contributed by atoms with van der Waals surface area (Å²) >= 11 is 0. The van der Waals surface area contributed by atoms with Gasteiger partial charge in [0, 0.05) is 37.4 Å². The van der Waals surface area contributed by atoms with Crippen molar-refractivity contribution in [2.75, 3.05) is 25.0 Å². The highest BCUT2D eigenvalue weighted by Crippen LogP contribution is 2.28. The summed E-state index contributed by atoms with van der Waals surface area (Å²) in [5.74, 6) is -0.759. The second kappa shape index (κ2) is 13.9. The summed E-state index contributed by atoms with van der Waals surface area (Å²) in [7, 11) is 0. The molecule has 3 amide bonds. The second-order valence-corrected chi connectivity index (χ2v) is 9.98. The normalized spacial score (nSPS) is 15.8. The van der Waals surface area contributed by atoms with Crippen LogP contribution in [0, 0.1) is 11.8 Å². The average molecular weight is 496 g/mol. The average Bonchev–Trinajstić information content (AvgIpc) is 2.88. The van der Waals surface area contributed by atoms with E-state index in [-0.39, 0.29) is 24.1 Å². The number of anilines is 1. The van der Waals surface area contributed by atoms with Gasteiger partial charge in [0.25, 0.3) is 0 Å². The van der Waals surface area contributed by atoms with Crippen molar-refractivity contribution in [3.8, 4) is 0 Å². The van der Waals surface area contributed by atoms with Gasteiger partial charge in [-0.1, -0.05) is 64.2 Å². The molecule has 8 nitrogen and oxygen atoms in total. The van der Waals surface area contributed by atoms with E-state index in [0.717, 1.165) is 43.0 Å². The molecule has 36 heavy (non-hydrogen) atoms. The fourth-order valence-electron chi connectivity index (χ4n) is 4.94. The molecule has 1 aromatic carbocycles. The number of carbonyl (C=O) groups is 3. The molecule has 1 heterocycles. The molecule has 0 saturated heterocycles. The zero-order chi connectivity index (χ0) is 25.9. The van der Waals surface area contributed by atoms with E-state index in [1.165, 1.54) is 6.42 Å². The molecule has 4 N–H and O–H groups in total. The van der Waals surface area contributed by atoms with E-state index in [1.54, 1.807) is 18.0 Å². The standard InChI is InChI=1S/C28H41N5O3/c1-3-14-33(15-13-29)26(34)16-20(2)27(35)32-25(17-21-9-5-4-6-10-21)28(36)31-23-18-22-11-7-8-12-24(22)30-19-23/h7-8,11-12,18-21,25H,3-6,9-10,13-17,29H2,1-2H3,(H,31,36)(H,32,35)/t20-,25-/m0/s1. The minimum absolute atomic E-state index is 0.0829. The van der Waals surface area contributed by atoms with Crippen molar-refractivity contribution < 1.29 is 14.4 Å². The molecule has 0 unspecified atom stereocenters. The van der Waals surface area contributed by atoms with Crippen molar-refractivity contribution in [3.63, 3.8) is 0 Å². The Morgan fingerprint density at radius 3 is 2.58 bits per heavy atom. The quantitative estimate of drug-likeness (QED) is 0.413. The van der Waals surface area contributed by atoms with Gasteiger partial charge in [0.05, 0.1) is 17.4 Å². The maximum absolute atomic E-state index is 13.3. The number of para-hydroxylation sites is 1. The molecule has 1 saturated carbocycles. The molecule has 1 fully saturated rings. The number of hydrogen-bond donors (Lipinski definition) is 3. The maximum atomic E-state index is 13.3. The largest absolute Gasteiger partial charge is 0.344 e. The molecule has 0 radical (unpaired) electrons. The van der Waals surface area contributed by atoms with Gasteiger partial charge in [-0.3, -0.25) is 19.4 Å². The highest BCUT2D eigenvalue weighted by Gasteiger charge is 2.29. The van der Waals surface area contributed by atoms with E-state index in [0.29, 0.717) is 37.7 Å². The van der Waals surface area contributed by atoms with Crippen LogP contribution in [0.15, 0.2) is 36.5 Å². The topological polar surface area (TPSA) is 117 Å². The number of nitrogens with two attached hydrogens (primary N) is 1. The lowest BCUT2D eigenvalue weighted by molar-refractivity contribution is -0.136. The minimum Gasteiger partial charge on any atom is -0.344 e. The van der Waals surface area contributed by atoms with Crippen molar-refractivity contribution >= 4 is 34.3 Å². The van der Waals surface area contributed by atoms with Gasteiger partial charge in [-0.15, -0.1) is 0 Å². The summed E-state index contributed by atoms with van der Waals surface area (Å²) in [6.07, 6.45) is 8.82. The summed E-state index contributed by atoms with van der Waals surface area (Å²) in [5.41, 5.74) is 7.10. The van der Waals surface area contributed by atoms with Crippen LogP contribution >= 0.6 is 0 Å². The first-order valence-electron chi connectivity index (χ1n) is 13.3. The Morgan fingerprint density at radius 2 is 1.86 bits per heavy atom. The number of amides is 3. The third-order valence-corrected chi connectivity index (χ3v) is 6.96. The molecule has 2 atom stereocenters. The van der Waals surface area contributed by atoms with Crippen LogP contribution in [0.4, 0.5) is 5.69 Å². The first kappa shape index (κ1) is 27.6. The molecule has 0 spiro atoms. The Bertz CT molecular complexity index is 1020. The number of pyridine rings is 1. The number of benzene rings is 1. The van der Waals surface area contributed by atoms with E-state index >= 15 is 0 Å². The number of nitrogens with one attached hydrogen (secondary N) is 2. The minimum atomic E-state index is -0.666. The molecule has 0 bridgehead atoms. The zero-order valence-corrected chi connectivity index (χ0v) is 21.7. The lowest BCUT2D eigenvalue weighted by atomic mass is 9.84. The van der Waals surface area contributed by atoms with Crippen LogP contribution in [0.1, 0.15) is 65.2 Å². The van der Waals surface area contributed by atoms with Gasteiger partial charge < -0.3 is 21.3 Å². The van der Waals surface area contributed by atoms with E-state index in [9.17, 15) is 14.4 Å². The molecule has 8 heteroatoms. The van der Waals surface area contributed by atoms with E-state index in [1.807, 2.05) is 37.3 Å². The van der Waals surface area contributed by atoms with Crippen LogP contribution in [0.2, 0.25) is 0 Å². The Labute approximate surface area is 214 Å². The summed E-state index contributed by atoms with van der Waals surface area (Å²) in [5, 5.41) is 6.85. The smallest absolute Gasteiger partial charge is 0.247 e. The predicted octanol–water partition coefficient (Wildman–Crippen LogP) is 3.85. The van der Waals surface area contributed by atoms with Crippen LogP contribution < -0.4 is 16.4 Å². The summed E-state index contributed by atoms with van der Waals surface area (Å²) in [6, 6.07) is 8.95. The molecular formula is C28H41N5O3. The van der Waals surface area contributed by atoms with E-state index < -0.39 is 12.0 Å². The van der Waals surface area contributed by atoms with Crippen molar-refractivity contribution in [3.05, 3.63) is 36.5 Å². The summed E-state index contributed by atoms with van der Waals surface area (Å²) < 4.78 is 0. The van der Waals surface area contributed by atoms with Crippen molar-refractivity contribution in [1.29, 1.82) is 0 Å². The van der Waals surface area contributed by atoms with Crippen LogP contribution in [0.25, 0.3) is 10.9 Å². The van der Waals surface area contributed by atoms with Crippen LogP contribution in [0.5, 0.6) is 0 Å². The molecule has 196 valence electrons. The number of aromatic nitrogens is 1. The third-order valence-electron chi connectivity index (χ3n) is 6.96. The van der Waals surface area contributed by atoms with Gasteiger partial charge in [-0.2, -0.15) is 0 Å². The van der Waals surface area contributed by atoms with Crippen LogP contribution in [-0.2, 0) is 14.4 Å². The lowest BCUT2D eigenvalue weighted by Crippen LogP contribution is -2.47. The number of nitrogens with zero attached hydrogens (tertiary/aromatic N) is 2. The maximum Gasteiger partial charge on any atom is 0.247 e. The molecule has 1 aliphatic rings. The van der Waals surface area contributed by atoms with Crippen molar-refractivity contribution in [2.24, 2.45) is 17.6 Å². The number of fused-ring (bicyclic) bond motifs is 1. The van der Waals surface area contributed by atoms with Gasteiger partial charge in [0.2, 0.25) is 17.7 Å². The fourth-order valence-corrected chi connectivity index (χ4v) is 4.94. The second-order valence-electron chi connectivity index (χ2n) is 9.98. The Kier molecular flexibility index (Phi) is 10.7. The third kappa shape index (κ3) is 8.01. The van der Waals surface area contributed by atoms with Gasteiger partial charge in [-0.05, 0) is 30.9 Å². The van der Waals surface area contributed by atoms with Crippen LogP contribution in [-0.4, -0.2) is 53.3 Å². The zero-order valence-electron chi connectivity index (χ0n) is 21.7. The fraction of sp³-hybridized carbons (Fsp3) is 0.571. The molecule has 2 aromatic rings. The van der Waals surface area contributed by atoms with Gasteiger partial charge in [-0.25, -0.2) is 0 Å².